The van der Waals surface area contributed by atoms with Gasteiger partial charge in [0.1, 0.15) is 5.75 Å². The van der Waals surface area contributed by atoms with Gasteiger partial charge >= 0.3 is 6.36 Å². The Morgan fingerprint density at radius 3 is 2.46 bits per heavy atom. The molecule has 0 saturated carbocycles. The van der Waals surface area contributed by atoms with Crippen molar-refractivity contribution >= 4 is 21.7 Å². The number of rotatable bonds is 5. The SMILES string of the molecule is CS(=O)(=O)N1CC(CN=C(N)Nc2ccc(OC(F)(F)F)cc2)C1. The molecule has 1 saturated heterocycles. The maximum Gasteiger partial charge on any atom is 0.573 e. The number of nitrogens with one attached hydrogen (secondary N) is 1. The van der Waals surface area contributed by atoms with Crippen molar-refractivity contribution in [2.45, 2.75) is 6.36 Å². The van der Waals surface area contributed by atoms with Crippen LogP contribution in [0.5, 0.6) is 5.75 Å². The average molecular weight is 366 g/mol. The van der Waals surface area contributed by atoms with Gasteiger partial charge in [0, 0.05) is 31.2 Å². The van der Waals surface area contributed by atoms with Crippen LogP contribution in [0.15, 0.2) is 29.3 Å². The minimum atomic E-state index is -4.74. The molecular formula is C13H17F3N4O3S. The van der Waals surface area contributed by atoms with Crippen LogP contribution in [0.25, 0.3) is 0 Å². The fourth-order valence-electron chi connectivity index (χ4n) is 2.06. The summed E-state index contributed by atoms with van der Waals surface area (Å²) in [5, 5.41) is 2.74. The molecule has 134 valence electrons. The second-order valence-corrected chi connectivity index (χ2v) is 7.35. The highest BCUT2D eigenvalue weighted by Gasteiger charge is 2.33. The van der Waals surface area contributed by atoms with E-state index in [0.29, 0.717) is 25.3 Å². The fraction of sp³-hybridized carbons (Fsp3) is 0.462. The Morgan fingerprint density at radius 2 is 1.96 bits per heavy atom. The van der Waals surface area contributed by atoms with Crippen LogP contribution < -0.4 is 15.8 Å². The fourth-order valence-corrected chi connectivity index (χ4v) is 3.03. The van der Waals surface area contributed by atoms with E-state index in [1.807, 2.05) is 0 Å². The lowest BCUT2D eigenvalue weighted by Gasteiger charge is -2.36. The third kappa shape index (κ3) is 5.57. The first-order valence-corrected chi connectivity index (χ1v) is 8.75. The summed E-state index contributed by atoms with van der Waals surface area (Å²) in [6, 6.07) is 5.05. The molecule has 1 aromatic carbocycles. The quantitative estimate of drug-likeness (QED) is 0.603. The van der Waals surface area contributed by atoms with Crippen LogP contribution in [-0.4, -0.2) is 50.9 Å². The van der Waals surface area contributed by atoms with Gasteiger partial charge < -0.3 is 15.8 Å². The summed E-state index contributed by atoms with van der Waals surface area (Å²) in [4.78, 5) is 4.09. The lowest BCUT2D eigenvalue weighted by atomic mass is 10.0. The average Bonchev–Trinajstić information content (AvgIpc) is 2.36. The Labute approximate surface area is 137 Å². The normalized spacial score (nSPS) is 17.4. The van der Waals surface area contributed by atoms with Gasteiger partial charge in [-0.15, -0.1) is 13.2 Å². The van der Waals surface area contributed by atoms with Crippen LogP contribution in [-0.2, 0) is 10.0 Å². The van der Waals surface area contributed by atoms with E-state index < -0.39 is 16.4 Å². The van der Waals surface area contributed by atoms with Crippen molar-refractivity contribution in [2.75, 3.05) is 31.2 Å². The van der Waals surface area contributed by atoms with Crippen LogP contribution in [0.3, 0.4) is 0 Å². The third-order valence-electron chi connectivity index (χ3n) is 3.27. The molecule has 0 amide bonds. The molecule has 2 rings (SSSR count). The predicted molar refractivity (Wildman–Crippen MR) is 83.1 cm³/mol. The first-order chi connectivity index (χ1) is 11.0. The molecule has 1 aliphatic rings. The maximum atomic E-state index is 12.1. The molecule has 0 radical (unpaired) electrons. The summed E-state index contributed by atoms with van der Waals surface area (Å²) in [5.41, 5.74) is 6.14. The van der Waals surface area contributed by atoms with E-state index in [1.165, 1.54) is 16.4 Å². The number of halogens is 3. The Balaban J connectivity index is 1.81. The minimum absolute atomic E-state index is 0.0947. The molecule has 0 aromatic heterocycles. The monoisotopic (exact) mass is 366 g/mol. The third-order valence-corrected chi connectivity index (χ3v) is 4.51. The van der Waals surface area contributed by atoms with Crippen molar-refractivity contribution in [3.8, 4) is 5.75 Å². The van der Waals surface area contributed by atoms with Crippen LogP contribution >= 0.6 is 0 Å². The lowest BCUT2D eigenvalue weighted by Crippen LogP contribution is -2.50. The summed E-state index contributed by atoms with van der Waals surface area (Å²) in [6.07, 6.45) is -3.59. The molecule has 1 heterocycles. The summed E-state index contributed by atoms with van der Waals surface area (Å²) in [6.45, 7) is 1.16. The van der Waals surface area contributed by atoms with Gasteiger partial charge in [0.25, 0.3) is 0 Å². The first kappa shape index (κ1) is 18.3. The number of benzene rings is 1. The number of alkyl halides is 3. The second-order valence-electron chi connectivity index (χ2n) is 5.37. The van der Waals surface area contributed by atoms with E-state index in [-0.39, 0.29) is 17.6 Å². The summed E-state index contributed by atoms with van der Waals surface area (Å²) >= 11 is 0. The van der Waals surface area contributed by atoms with Gasteiger partial charge in [-0.05, 0) is 24.3 Å². The molecule has 1 aliphatic heterocycles. The molecule has 24 heavy (non-hydrogen) atoms. The molecule has 0 atom stereocenters. The number of nitrogens with zero attached hydrogens (tertiary/aromatic N) is 2. The van der Waals surface area contributed by atoms with Gasteiger partial charge in [0.05, 0.1) is 6.26 Å². The Kier molecular flexibility index (Phi) is 5.23. The number of nitrogens with two attached hydrogens (primary N) is 1. The maximum absolute atomic E-state index is 12.1. The number of sulfonamides is 1. The predicted octanol–water partition coefficient (Wildman–Crippen LogP) is 1.20. The van der Waals surface area contributed by atoms with Crippen LogP contribution in [0.4, 0.5) is 18.9 Å². The molecule has 3 N–H and O–H groups in total. The highest BCUT2D eigenvalue weighted by Crippen LogP contribution is 2.24. The molecule has 11 heteroatoms. The topological polar surface area (TPSA) is 97.0 Å². The molecule has 0 bridgehead atoms. The zero-order valence-corrected chi connectivity index (χ0v) is 13.6. The van der Waals surface area contributed by atoms with Crippen molar-refractivity contribution in [1.82, 2.24) is 4.31 Å². The van der Waals surface area contributed by atoms with Gasteiger partial charge in [-0.1, -0.05) is 0 Å². The van der Waals surface area contributed by atoms with E-state index in [1.54, 1.807) is 0 Å². The van der Waals surface area contributed by atoms with Crippen molar-refractivity contribution < 1.29 is 26.3 Å². The van der Waals surface area contributed by atoms with Crippen LogP contribution in [0, 0.1) is 5.92 Å². The van der Waals surface area contributed by atoms with Crippen LogP contribution in [0.1, 0.15) is 0 Å². The summed E-state index contributed by atoms with van der Waals surface area (Å²) in [7, 11) is -3.16. The van der Waals surface area contributed by atoms with Crippen molar-refractivity contribution in [1.29, 1.82) is 0 Å². The molecule has 1 fully saturated rings. The van der Waals surface area contributed by atoms with E-state index >= 15 is 0 Å². The summed E-state index contributed by atoms with van der Waals surface area (Å²) in [5.74, 6) is -0.140. The van der Waals surface area contributed by atoms with Crippen molar-refractivity contribution in [3.05, 3.63) is 24.3 Å². The highest BCUT2D eigenvalue weighted by molar-refractivity contribution is 7.88. The second kappa shape index (κ2) is 6.85. The van der Waals surface area contributed by atoms with E-state index in [4.69, 9.17) is 5.73 Å². The zero-order valence-electron chi connectivity index (χ0n) is 12.7. The van der Waals surface area contributed by atoms with Gasteiger partial charge in [0.15, 0.2) is 5.96 Å². The molecule has 7 nitrogen and oxygen atoms in total. The van der Waals surface area contributed by atoms with Crippen LogP contribution in [0.2, 0.25) is 0 Å². The Morgan fingerprint density at radius 1 is 1.38 bits per heavy atom. The summed E-state index contributed by atoms with van der Waals surface area (Å²) < 4.78 is 63.7. The number of anilines is 1. The van der Waals surface area contributed by atoms with E-state index in [9.17, 15) is 21.6 Å². The first-order valence-electron chi connectivity index (χ1n) is 6.91. The standard InChI is InChI=1S/C13H17F3N4O3S/c1-24(21,22)20-7-9(8-20)6-18-12(17)19-10-2-4-11(5-3-10)23-13(14,15)16/h2-5,9H,6-8H2,1H3,(H3,17,18,19). The number of hydrogen-bond acceptors (Lipinski definition) is 4. The smallest absolute Gasteiger partial charge is 0.406 e. The molecular weight excluding hydrogens is 349 g/mol. The molecule has 1 aromatic rings. The molecule has 0 aliphatic carbocycles. The Bertz CT molecular complexity index is 698. The van der Waals surface area contributed by atoms with Gasteiger partial charge in [-0.2, -0.15) is 0 Å². The number of guanidine groups is 1. The number of aliphatic imine (C=N–C) groups is 1. The Hall–Kier alpha value is -2.01. The lowest BCUT2D eigenvalue weighted by molar-refractivity contribution is -0.274. The van der Waals surface area contributed by atoms with Gasteiger partial charge in [0.2, 0.25) is 10.0 Å². The minimum Gasteiger partial charge on any atom is -0.406 e. The molecule has 0 spiro atoms. The van der Waals surface area contributed by atoms with E-state index in [0.717, 1.165) is 18.4 Å². The highest BCUT2D eigenvalue weighted by atomic mass is 32.2. The van der Waals surface area contributed by atoms with Gasteiger partial charge in [-0.3, -0.25) is 4.99 Å². The molecule has 0 unspecified atom stereocenters. The number of ether oxygens (including phenoxy) is 1. The number of hydrogen-bond donors (Lipinski definition) is 2. The van der Waals surface area contributed by atoms with Crippen molar-refractivity contribution in [2.24, 2.45) is 16.6 Å². The van der Waals surface area contributed by atoms with Gasteiger partial charge in [-0.25, -0.2) is 12.7 Å². The zero-order chi connectivity index (χ0) is 18.0. The van der Waals surface area contributed by atoms with Crippen molar-refractivity contribution in [3.63, 3.8) is 0 Å². The largest absolute Gasteiger partial charge is 0.573 e. The van der Waals surface area contributed by atoms with E-state index in [2.05, 4.69) is 15.0 Å².